The molecule has 1 heterocycles. The molecule has 0 fully saturated rings. The summed E-state index contributed by atoms with van der Waals surface area (Å²) in [6.07, 6.45) is 0. The lowest BCUT2D eigenvalue weighted by molar-refractivity contribution is 0.309. The normalized spacial score (nSPS) is 10.3. The topological polar surface area (TPSA) is 9.23 Å². The van der Waals surface area contributed by atoms with Gasteiger partial charge < -0.3 is 4.74 Å². The van der Waals surface area contributed by atoms with E-state index in [-0.39, 0.29) is 0 Å². The molecule has 1 aromatic heterocycles. The molecule has 0 saturated carbocycles. The van der Waals surface area contributed by atoms with E-state index in [9.17, 15) is 0 Å². The van der Waals surface area contributed by atoms with Crippen LogP contribution in [-0.2, 0) is 6.61 Å². The fourth-order valence-electron chi connectivity index (χ4n) is 1.52. The average Bonchev–Trinajstić information content (AvgIpc) is 2.65. The van der Waals surface area contributed by atoms with Gasteiger partial charge in [0.25, 0.3) is 0 Å². The van der Waals surface area contributed by atoms with E-state index in [1.807, 2.05) is 12.1 Å². The Morgan fingerprint density at radius 3 is 2.53 bits per heavy atom. The van der Waals surface area contributed by atoms with Gasteiger partial charge in [-0.05, 0) is 49.2 Å². The van der Waals surface area contributed by atoms with E-state index in [1.54, 1.807) is 11.3 Å². The van der Waals surface area contributed by atoms with Crippen molar-refractivity contribution < 1.29 is 4.74 Å². The second-order valence-corrected chi connectivity index (χ2v) is 4.60. The zero-order valence-corrected chi connectivity index (χ0v) is 9.73. The minimum atomic E-state index is 0.636. The maximum Gasteiger partial charge on any atom is 0.122 e. The van der Waals surface area contributed by atoms with Crippen LogP contribution in [0.25, 0.3) is 0 Å². The van der Waals surface area contributed by atoms with Crippen LogP contribution in [0.5, 0.6) is 5.75 Å². The first-order valence-corrected chi connectivity index (χ1v) is 5.71. The molecule has 15 heavy (non-hydrogen) atoms. The number of hydrogen-bond donors (Lipinski definition) is 0. The zero-order valence-electron chi connectivity index (χ0n) is 8.91. The highest BCUT2D eigenvalue weighted by molar-refractivity contribution is 7.09. The van der Waals surface area contributed by atoms with Crippen LogP contribution in [0.15, 0.2) is 30.3 Å². The van der Waals surface area contributed by atoms with Crippen molar-refractivity contribution in [3.05, 3.63) is 51.7 Å². The Hall–Kier alpha value is -1.28. The summed E-state index contributed by atoms with van der Waals surface area (Å²) in [4.78, 5) is 1.20. The maximum absolute atomic E-state index is 5.70. The molecule has 2 heteroatoms. The molecule has 0 bridgehead atoms. The molecule has 1 radical (unpaired) electrons. The fraction of sp³-hybridized carbons (Fsp3) is 0.231. The molecule has 2 aromatic rings. The lowest BCUT2D eigenvalue weighted by Crippen LogP contribution is -1.93. The first-order chi connectivity index (χ1) is 7.24. The van der Waals surface area contributed by atoms with E-state index >= 15 is 0 Å². The van der Waals surface area contributed by atoms with Gasteiger partial charge in [-0.1, -0.05) is 6.07 Å². The molecule has 2 rings (SSSR count). The SMILES string of the molecule is Cc1cc(C)cc(OCc2cc[c]s2)c1. The van der Waals surface area contributed by atoms with Crippen molar-refractivity contribution in [2.75, 3.05) is 0 Å². The number of rotatable bonds is 3. The van der Waals surface area contributed by atoms with Gasteiger partial charge in [0.15, 0.2) is 0 Å². The van der Waals surface area contributed by atoms with Gasteiger partial charge in [0.05, 0.1) is 0 Å². The van der Waals surface area contributed by atoms with Gasteiger partial charge in [-0.15, -0.1) is 11.3 Å². The van der Waals surface area contributed by atoms with Crippen LogP contribution < -0.4 is 4.74 Å². The molecular formula is C13H13OS. The zero-order chi connectivity index (χ0) is 10.7. The highest BCUT2D eigenvalue weighted by Gasteiger charge is 1.98. The van der Waals surface area contributed by atoms with Gasteiger partial charge in [0.2, 0.25) is 0 Å². The van der Waals surface area contributed by atoms with E-state index in [0.717, 1.165) is 5.75 Å². The Labute approximate surface area is 94.3 Å². The number of aryl methyl sites for hydroxylation is 2. The molecule has 0 aliphatic carbocycles. The third-order valence-electron chi connectivity index (χ3n) is 2.10. The molecule has 0 saturated heterocycles. The molecule has 0 atom stereocenters. The monoisotopic (exact) mass is 217 g/mol. The third kappa shape index (κ3) is 2.83. The Kier molecular flexibility index (Phi) is 3.07. The Morgan fingerprint density at radius 2 is 1.93 bits per heavy atom. The summed E-state index contributed by atoms with van der Waals surface area (Å²) in [5, 5.41) is 3.05. The van der Waals surface area contributed by atoms with Gasteiger partial charge in [-0.2, -0.15) is 0 Å². The summed E-state index contributed by atoms with van der Waals surface area (Å²) in [6.45, 7) is 4.80. The van der Waals surface area contributed by atoms with Crippen LogP contribution in [0.1, 0.15) is 16.0 Å². The van der Waals surface area contributed by atoms with E-state index in [4.69, 9.17) is 4.74 Å². The summed E-state index contributed by atoms with van der Waals surface area (Å²) < 4.78 is 5.70. The molecule has 0 aliphatic heterocycles. The second-order valence-electron chi connectivity index (χ2n) is 3.63. The highest BCUT2D eigenvalue weighted by atomic mass is 32.1. The molecule has 1 nitrogen and oxygen atoms in total. The number of ether oxygens (including phenoxy) is 1. The molecule has 0 amide bonds. The summed E-state index contributed by atoms with van der Waals surface area (Å²) in [5.41, 5.74) is 2.48. The van der Waals surface area contributed by atoms with Gasteiger partial charge in [0, 0.05) is 10.3 Å². The molecule has 1 aromatic carbocycles. The summed E-state index contributed by atoms with van der Waals surface area (Å²) in [7, 11) is 0. The van der Waals surface area contributed by atoms with Gasteiger partial charge in [0.1, 0.15) is 12.4 Å². The lowest BCUT2D eigenvalue weighted by atomic mass is 10.1. The van der Waals surface area contributed by atoms with Gasteiger partial charge in [-0.3, -0.25) is 0 Å². The van der Waals surface area contributed by atoms with Crippen molar-refractivity contribution in [3.8, 4) is 5.75 Å². The maximum atomic E-state index is 5.70. The van der Waals surface area contributed by atoms with Crippen molar-refractivity contribution in [2.45, 2.75) is 20.5 Å². The standard InChI is InChI=1S/C13H13OS/c1-10-6-11(2)8-12(7-10)14-9-13-4-3-5-15-13/h3-4,6-8H,9H2,1-2H3. The molecule has 0 N–H and O–H groups in total. The number of thiophene rings is 1. The Morgan fingerprint density at radius 1 is 1.20 bits per heavy atom. The van der Waals surface area contributed by atoms with Crippen molar-refractivity contribution in [1.29, 1.82) is 0 Å². The minimum absolute atomic E-state index is 0.636. The number of benzene rings is 1. The third-order valence-corrected chi connectivity index (χ3v) is 2.87. The first kappa shape index (κ1) is 10.2. The predicted octanol–water partition coefficient (Wildman–Crippen LogP) is 3.74. The van der Waals surface area contributed by atoms with Crippen molar-refractivity contribution in [3.63, 3.8) is 0 Å². The largest absolute Gasteiger partial charge is 0.488 e. The molecule has 0 unspecified atom stereocenters. The van der Waals surface area contributed by atoms with Crippen LogP contribution in [0, 0.1) is 19.2 Å². The van der Waals surface area contributed by atoms with E-state index in [2.05, 4.69) is 37.4 Å². The quantitative estimate of drug-likeness (QED) is 0.761. The van der Waals surface area contributed by atoms with E-state index < -0.39 is 0 Å². The van der Waals surface area contributed by atoms with E-state index in [1.165, 1.54) is 16.0 Å². The summed E-state index contributed by atoms with van der Waals surface area (Å²) in [6, 6.07) is 10.2. The lowest BCUT2D eigenvalue weighted by Gasteiger charge is -2.06. The first-order valence-electron chi connectivity index (χ1n) is 4.90. The van der Waals surface area contributed by atoms with Gasteiger partial charge in [-0.25, -0.2) is 0 Å². The van der Waals surface area contributed by atoms with Crippen LogP contribution in [-0.4, -0.2) is 0 Å². The van der Waals surface area contributed by atoms with Crippen molar-refractivity contribution >= 4 is 11.3 Å². The van der Waals surface area contributed by atoms with Crippen LogP contribution >= 0.6 is 11.3 Å². The summed E-state index contributed by atoms with van der Waals surface area (Å²) >= 11 is 1.60. The highest BCUT2D eigenvalue weighted by Crippen LogP contribution is 2.18. The number of hydrogen-bond acceptors (Lipinski definition) is 2. The summed E-state index contributed by atoms with van der Waals surface area (Å²) in [5.74, 6) is 0.945. The van der Waals surface area contributed by atoms with Crippen molar-refractivity contribution in [1.82, 2.24) is 0 Å². The molecule has 0 spiro atoms. The van der Waals surface area contributed by atoms with Crippen LogP contribution in [0.4, 0.5) is 0 Å². The van der Waals surface area contributed by atoms with Crippen LogP contribution in [0.2, 0.25) is 0 Å². The second kappa shape index (κ2) is 4.49. The predicted molar refractivity (Wildman–Crippen MR) is 63.4 cm³/mol. The van der Waals surface area contributed by atoms with Crippen molar-refractivity contribution in [2.24, 2.45) is 0 Å². The molecule has 0 aliphatic rings. The fourth-order valence-corrected chi connectivity index (χ4v) is 2.06. The molecular weight excluding hydrogens is 204 g/mol. The minimum Gasteiger partial charge on any atom is -0.488 e. The molecule has 77 valence electrons. The smallest absolute Gasteiger partial charge is 0.122 e. The van der Waals surface area contributed by atoms with E-state index in [0.29, 0.717) is 6.61 Å². The Bertz CT molecular complexity index is 412. The Balaban J connectivity index is 2.05. The van der Waals surface area contributed by atoms with Gasteiger partial charge >= 0.3 is 0 Å². The average molecular weight is 217 g/mol. The van der Waals surface area contributed by atoms with Crippen LogP contribution in [0.3, 0.4) is 0 Å².